The summed E-state index contributed by atoms with van der Waals surface area (Å²) in [6.45, 7) is 0.900. The van der Waals surface area contributed by atoms with E-state index in [9.17, 15) is 9.59 Å². The van der Waals surface area contributed by atoms with Crippen LogP contribution in [-0.2, 0) is 20.9 Å². The van der Waals surface area contributed by atoms with Crippen molar-refractivity contribution in [3.05, 3.63) is 27.1 Å². The van der Waals surface area contributed by atoms with E-state index in [0.717, 1.165) is 12.0 Å². The topological polar surface area (TPSA) is 102 Å². The fourth-order valence-electron chi connectivity index (χ4n) is 2.40. The van der Waals surface area contributed by atoms with Gasteiger partial charge in [-0.25, -0.2) is 9.78 Å². The fourth-order valence-corrected chi connectivity index (χ4v) is 3.44. The number of aromatic nitrogens is 2. The summed E-state index contributed by atoms with van der Waals surface area (Å²) in [6, 6.07) is 0. The third kappa shape index (κ3) is 2.97. The minimum absolute atomic E-state index is 0.0305. The Balaban J connectivity index is 1.87. The van der Waals surface area contributed by atoms with Gasteiger partial charge in [-0.1, -0.05) is 0 Å². The van der Waals surface area contributed by atoms with E-state index >= 15 is 0 Å². The molecule has 3 rings (SSSR count). The molecule has 1 atom stereocenters. The Hall–Kier alpha value is -1.77. The highest BCUT2D eigenvalue weighted by Crippen LogP contribution is 2.32. The SMILES string of the molecule is O=C(O)COCc1nc2scc(C3CCOC3)c2c(=O)[nH]1. The van der Waals surface area contributed by atoms with Gasteiger partial charge in [0.2, 0.25) is 0 Å². The zero-order valence-electron chi connectivity index (χ0n) is 11.1. The van der Waals surface area contributed by atoms with Gasteiger partial charge in [0.25, 0.3) is 5.56 Å². The van der Waals surface area contributed by atoms with Crippen LogP contribution in [0.3, 0.4) is 0 Å². The molecule has 0 saturated carbocycles. The second kappa shape index (κ2) is 5.92. The highest BCUT2D eigenvalue weighted by atomic mass is 32.1. The Labute approximate surface area is 123 Å². The number of hydrogen-bond donors (Lipinski definition) is 2. The van der Waals surface area contributed by atoms with Gasteiger partial charge in [-0.2, -0.15) is 0 Å². The highest BCUT2D eigenvalue weighted by molar-refractivity contribution is 7.16. The van der Waals surface area contributed by atoms with Crippen LogP contribution in [0.4, 0.5) is 0 Å². The third-order valence-electron chi connectivity index (χ3n) is 3.36. The number of aromatic amines is 1. The first-order valence-electron chi connectivity index (χ1n) is 6.52. The largest absolute Gasteiger partial charge is 0.480 e. The molecule has 7 nitrogen and oxygen atoms in total. The first-order valence-corrected chi connectivity index (χ1v) is 7.40. The Kier molecular flexibility index (Phi) is 4.00. The molecule has 1 fully saturated rings. The van der Waals surface area contributed by atoms with Crippen LogP contribution in [0.5, 0.6) is 0 Å². The fraction of sp³-hybridized carbons (Fsp3) is 0.462. The molecule has 2 aromatic heterocycles. The molecular formula is C13H14N2O5S. The number of fused-ring (bicyclic) bond motifs is 1. The number of carbonyl (C=O) groups is 1. The lowest BCUT2D eigenvalue weighted by Crippen LogP contribution is -2.15. The van der Waals surface area contributed by atoms with E-state index < -0.39 is 12.6 Å². The van der Waals surface area contributed by atoms with Crippen LogP contribution in [0.1, 0.15) is 23.7 Å². The molecule has 2 N–H and O–H groups in total. The molecule has 0 radical (unpaired) electrons. The molecule has 0 spiro atoms. The Morgan fingerprint density at radius 3 is 3.19 bits per heavy atom. The van der Waals surface area contributed by atoms with Gasteiger partial charge in [-0.05, 0) is 17.4 Å². The van der Waals surface area contributed by atoms with Crippen molar-refractivity contribution >= 4 is 27.5 Å². The quantitative estimate of drug-likeness (QED) is 0.857. The maximum Gasteiger partial charge on any atom is 0.329 e. The number of rotatable bonds is 5. The van der Waals surface area contributed by atoms with Crippen molar-refractivity contribution in [2.24, 2.45) is 0 Å². The summed E-state index contributed by atoms with van der Waals surface area (Å²) in [5.41, 5.74) is 0.774. The molecule has 0 bridgehead atoms. The van der Waals surface area contributed by atoms with Gasteiger partial charge in [0.05, 0.1) is 12.0 Å². The highest BCUT2D eigenvalue weighted by Gasteiger charge is 2.23. The summed E-state index contributed by atoms with van der Waals surface area (Å²) in [5.74, 6) is -0.473. The van der Waals surface area contributed by atoms with Crippen molar-refractivity contribution in [2.75, 3.05) is 19.8 Å². The van der Waals surface area contributed by atoms with E-state index in [1.807, 2.05) is 5.38 Å². The lowest BCUT2D eigenvalue weighted by molar-refractivity contribution is -0.142. The smallest absolute Gasteiger partial charge is 0.329 e. The van der Waals surface area contributed by atoms with E-state index in [1.165, 1.54) is 11.3 Å². The molecule has 1 aliphatic rings. The predicted molar refractivity (Wildman–Crippen MR) is 75.7 cm³/mol. The lowest BCUT2D eigenvalue weighted by Gasteiger charge is -2.06. The molecule has 8 heteroatoms. The molecule has 112 valence electrons. The monoisotopic (exact) mass is 310 g/mol. The standard InChI is InChI=1S/C13H14N2O5S/c16-10(17)5-20-4-9-14-12(18)11-8(6-21-13(11)15-9)7-1-2-19-3-7/h6-7H,1-5H2,(H,16,17)(H,14,15,18). The lowest BCUT2D eigenvalue weighted by atomic mass is 9.99. The third-order valence-corrected chi connectivity index (χ3v) is 4.25. The Bertz CT molecular complexity index is 717. The van der Waals surface area contributed by atoms with E-state index in [-0.39, 0.29) is 18.1 Å². The zero-order valence-corrected chi connectivity index (χ0v) is 11.9. The normalized spacial score (nSPS) is 18.4. The van der Waals surface area contributed by atoms with Gasteiger partial charge in [-0.3, -0.25) is 4.79 Å². The van der Waals surface area contributed by atoms with Crippen LogP contribution in [0.25, 0.3) is 10.2 Å². The van der Waals surface area contributed by atoms with Gasteiger partial charge in [0.15, 0.2) is 0 Å². The molecule has 2 aromatic rings. The number of ether oxygens (including phenoxy) is 2. The summed E-state index contributed by atoms with van der Waals surface area (Å²) in [6.07, 6.45) is 0.911. The zero-order chi connectivity index (χ0) is 14.8. The number of thiophene rings is 1. The second-order valence-electron chi connectivity index (χ2n) is 4.83. The van der Waals surface area contributed by atoms with Crippen molar-refractivity contribution in [1.29, 1.82) is 0 Å². The Morgan fingerprint density at radius 2 is 2.48 bits per heavy atom. The summed E-state index contributed by atoms with van der Waals surface area (Å²) < 4.78 is 10.3. The molecular weight excluding hydrogens is 296 g/mol. The van der Waals surface area contributed by atoms with Crippen molar-refractivity contribution in [3.63, 3.8) is 0 Å². The van der Waals surface area contributed by atoms with E-state index in [2.05, 4.69) is 9.97 Å². The number of nitrogens with one attached hydrogen (secondary N) is 1. The van der Waals surface area contributed by atoms with E-state index in [4.69, 9.17) is 14.6 Å². The number of hydrogen-bond acceptors (Lipinski definition) is 6. The second-order valence-corrected chi connectivity index (χ2v) is 5.69. The molecule has 1 aliphatic heterocycles. The minimum Gasteiger partial charge on any atom is -0.480 e. The summed E-state index contributed by atoms with van der Waals surface area (Å²) in [4.78, 5) is 30.3. The minimum atomic E-state index is -1.06. The van der Waals surface area contributed by atoms with Gasteiger partial charge in [-0.15, -0.1) is 11.3 Å². The van der Waals surface area contributed by atoms with Crippen LogP contribution < -0.4 is 5.56 Å². The molecule has 3 heterocycles. The van der Waals surface area contributed by atoms with Crippen molar-refractivity contribution in [2.45, 2.75) is 18.9 Å². The molecule has 0 aliphatic carbocycles. The first-order chi connectivity index (χ1) is 10.1. The van der Waals surface area contributed by atoms with Gasteiger partial charge >= 0.3 is 5.97 Å². The first kappa shape index (κ1) is 14.2. The predicted octanol–water partition coefficient (Wildman–Crippen LogP) is 1.09. The number of carboxylic acids is 1. The average molecular weight is 310 g/mol. The maximum atomic E-state index is 12.2. The van der Waals surface area contributed by atoms with Crippen molar-refractivity contribution < 1.29 is 19.4 Å². The van der Waals surface area contributed by atoms with Gasteiger partial charge in [0.1, 0.15) is 23.9 Å². The van der Waals surface area contributed by atoms with Gasteiger partial charge in [0, 0.05) is 12.5 Å². The summed E-state index contributed by atoms with van der Waals surface area (Å²) in [7, 11) is 0. The number of H-pyrrole nitrogens is 1. The van der Waals surface area contributed by atoms with E-state index in [1.54, 1.807) is 0 Å². The molecule has 1 saturated heterocycles. The van der Waals surface area contributed by atoms with Crippen LogP contribution in [0, 0.1) is 0 Å². The number of nitrogens with zero attached hydrogens (tertiary/aromatic N) is 1. The summed E-state index contributed by atoms with van der Waals surface area (Å²) >= 11 is 1.41. The van der Waals surface area contributed by atoms with Crippen molar-refractivity contribution in [1.82, 2.24) is 9.97 Å². The van der Waals surface area contributed by atoms with Crippen LogP contribution in [0.15, 0.2) is 10.2 Å². The molecule has 0 amide bonds. The van der Waals surface area contributed by atoms with E-state index in [0.29, 0.717) is 29.3 Å². The molecule has 0 aromatic carbocycles. The maximum absolute atomic E-state index is 12.2. The summed E-state index contributed by atoms with van der Waals surface area (Å²) in [5, 5.41) is 11.1. The van der Waals surface area contributed by atoms with Crippen LogP contribution in [0.2, 0.25) is 0 Å². The average Bonchev–Trinajstić information content (AvgIpc) is 3.06. The Morgan fingerprint density at radius 1 is 1.62 bits per heavy atom. The number of carboxylic acid groups (broad SMARTS) is 1. The van der Waals surface area contributed by atoms with Gasteiger partial charge < -0.3 is 19.6 Å². The van der Waals surface area contributed by atoms with Crippen LogP contribution in [-0.4, -0.2) is 40.9 Å². The van der Waals surface area contributed by atoms with Crippen LogP contribution >= 0.6 is 11.3 Å². The van der Waals surface area contributed by atoms with Crippen molar-refractivity contribution in [3.8, 4) is 0 Å². The molecule has 1 unspecified atom stereocenters. The molecule has 21 heavy (non-hydrogen) atoms. The number of aliphatic carboxylic acids is 1.